The third-order valence-corrected chi connectivity index (χ3v) is 5.05. The molecule has 26 heavy (non-hydrogen) atoms. The van der Waals surface area contributed by atoms with Crippen molar-refractivity contribution >= 4 is 40.0 Å². The van der Waals surface area contributed by atoms with Crippen LogP contribution in [-0.4, -0.2) is 35.6 Å². The molecule has 0 fully saturated rings. The first kappa shape index (κ1) is 19.9. The average Bonchev–Trinajstić information content (AvgIpc) is 2.65. The predicted molar refractivity (Wildman–Crippen MR) is 100 cm³/mol. The van der Waals surface area contributed by atoms with Crippen LogP contribution < -0.4 is 10.1 Å². The highest BCUT2D eigenvalue weighted by molar-refractivity contribution is 7.85. The van der Waals surface area contributed by atoms with E-state index in [2.05, 4.69) is 5.32 Å². The topological polar surface area (TPSA) is 81.7 Å². The summed E-state index contributed by atoms with van der Waals surface area (Å²) in [5.74, 6) is -0.362. The van der Waals surface area contributed by atoms with Crippen molar-refractivity contribution in [2.45, 2.75) is 11.8 Å². The Morgan fingerprint density at radius 3 is 2.58 bits per heavy atom. The molecule has 0 saturated carbocycles. The number of amides is 1. The first-order valence-electron chi connectivity index (χ1n) is 7.74. The van der Waals surface area contributed by atoms with Crippen molar-refractivity contribution in [2.75, 3.05) is 24.8 Å². The summed E-state index contributed by atoms with van der Waals surface area (Å²) in [6.07, 6.45) is 0. The van der Waals surface area contributed by atoms with E-state index in [0.717, 1.165) is 0 Å². The summed E-state index contributed by atoms with van der Waals surface area (Å²) in [4.78, 5) is 24.6. The van der Waals surface area contributed by atoms with E-state index < -0.39 is 29.3 Å². The molecular weight excluding hydrogens is 378 g/mol. The van der Waals surface area contributed by atoms with Crippen LogP contribution in [-0.2, 0) is 20.3 Å². The van der Waals surface area contributed by atoms with E-state index in [9.17, 15) is 13.8 Å². The molecule has 2 aromatic carbocycles. The molecule has 0 aromatic heterocycles. The van der Waals surface area contributed by atoms with E-state index >= 15 is 0 Å². The van der Waals surface area contributed by atoms with Crippen molar-refractivity contribution in [3.63, 3.8) is 0 Å². The van der Waals surface area contributed by atoms with Crippen LogP contribution in [0.2, 0.25) is 5.02 Å². The van der Waals surface area contributed by atoms with Crippen LogP contribution in [0.1, 0.15) is 17.3 Å². The maximum absolute atomic E-state index is 12.2. The Kier molecular flexibility index (Phi) is 7.17. The number of anilines is 1. The summed E-state index contributed by atoms with van der Waals surface area (Å²) < 4.78 is 22.1. The molecule has 0 heterocycles. The molecule has 0 spiro atoms. The van der Waals surface area contributed by atoms with Crippen LogP contribution in [0.15, 0.2) is 47.4 Å². The Labute approximate surface area is 158 Å². The second-order valence-electron chi connectivity index (χ2n) is 5.10. The first-order valence-corrected chi connectivity index (χ1v) is 9.43. The molecule has 0 aliphatic rings. The molecule has 6 nitrogen and oxygen atoms in total. The third-order valence-electron chi connectivity index (χ3n) is 3.38. The summed E-state index contributed by atoms with van der Waals surface area (Å²) in [7, 11) is 0.186. The second kappa shape index (κ2) is 9.35. The number of hydrogen-bond acceptors (Lipinski definition) is 5. The largest absolute Gasteiger partial charge is 0.495 e. The Hall–Kier alpha value is -2.38. The summed E-state index contributed by atoms with van der Waals surface area (Å²) in [6.45, 7) is 1.28. The number of methoxy groups -OCH3 is 1. The van der Waals surface area contributed by atoms with E-state index in [1.807, 2.05) is 0 Å². The zero-order valence-corrected chi connectivity index (χ0v) is 15.9. The number of rotatable bonds is 7. The van der Waals surface area contributed by atoms with Crippen LogP contribution in [0.25, 0.3) is 0 Å². The summed E-state index contributed by atoms with van der Waals surface area (Å²) in [5, 5.41) is 2.92. The van der Waals surface area contributed by atoms with E-state index in [4.69, 9.17) is 21.1 Å². The van der Waals surface area contributed by atoms with Crippen LogP contribution in [0, 0.1) is 0 Å². The molecule has 2 aromatic rings. The lowest BCUT2D eigenvalue weighted by Gasteiger charge is -2.10. The van der Waals surface area contributed by atoms with Gasteiger partial charge in [0.25, 0.3) is 5.91 Å². The molecule has 1 amide bonds. The smallest absolute Gasteiger partial charge is 0.339 e. The van der Waals surface area contributed by atoms with Gasteiger partial charge in [0.15, 0.2) is 6.61 Å². The van der Waals surface area contributed by atoms with Gasteiger partial charge >= 0.3 is 5.97 Å². The SMILES string of the molecule is CCS(=O)c1ccccc1C(=O)OCC(=O)Nc1ccc(OC)c(Cl)c1. The van der Waals surface area contributed by atoms with Crippen LogP contribution in [0.5, 0.6) is 5.75 Å². The molecule has 0 radical (unpaired) electrons. The van der Waals surface area contributed by atoms with Crippen molar-refractivity contribution < 1.29 is 23.3 Å². The molecule has 138 valence electrons. The van der Waals surface area contributed by atoms with Gasteiger partial charge in [-0.05, 0) is 30.3 Å². The van der Waals surface area contributed by atoms with Crippen molar-refractivity contribution in [1.29, 1.82) is 0 Å². The zero-order chi connectivity index (χ0) is 19.1. The Morgan fingerprint density at radius 2 is 1.92 bits per heavy atom. The molecular formula is C18H18ClNO5S. The molecule has 1 N–H and O–H groups in total. The number of esters is 1. The number of carbonyl (C=O) groups is 2. The molecule has 2 rings (SSSR count). The minimum atomic E-state index is -1.30. The number of nitrogens with one attached hydrogen (secondary N) is 1. The van der Waals surface area contributed by atoms with Gasteiger partial charge < -0.3 is 14.8 Å². The van der Waals surface area contributed by atoms with Crippen molar-refractivity contribution in [3.05, 3.63) is 53.1 Å². The van der Waals surface area contributed by atoms with Crippen molar-refractivity contribution in [2.24, 2.45) is 0 Å². The van der Waals surface area contributed by atoms with Crippen LogP contribution in [0.4, 0.5) is 5.69 Å². The monoisotopic (exact) mass is 395 g/mol. The minimum absolute atomic E-state index is 0.188. The van der Waals surface area contributed by atoms with Gasteiger partial charge in [-0.15, -0.1) is 0 Å². The molecule has 1 atom stereocenters. The fourth-order valence-electron chi connectivity index (χ4n) is 2.14. The van der Waals surface area contributed by atoms with Gasteiger partial charge in [0.2, 0.25) is 0 Å². The molecule has 0 aliphatic carbocycles. The van der Waals surface area contributed by atoms with Gasteiger partial charge in [0, 0.05) is 11.4 Å². The predicted octanol–water partition coefficient (Wildman–Crippen LogP) is 3.27. The Bertz CT molecular complexity index is 840. The Balaban J connectivity index is 1.98. The molecule has 0 aliphatic heterocycles. The molecule has 1 unspecified atom stereocenters. The Morgan fingerprint density at radius 1 is 1.19 bits per heavy atom. The summed E-state index contributed by atoms with van der Waals surface area (Å²) in [5.41, 5.74) is 0.636. The normalized spacial score (nSPS) is 11.5. The van der Waals surface area contributed by atoms with E-state index in [-0.39, 0.29) is 5.56 Å². The highest BCUT2D eigenvalue weighted by Crippen LogP contribution is 2.27. The highest BCUT2D eigenvalue weighted by atomic mass is 35.5. The second-order valence-corrected chi connectivity index (χ2v) is 7.22. The maximum atomic E-state index is 12.2. The zero-order valence-electron chi connectivity index (χ0n) is 14.3. The quantitative estimate of drug-likeness (QED) is 0.727. The number of carbonyl (C=O) groups excluding carboxylic acids is 2. The van der Waals surface area contributed by atoms with Gasteiger partial charge in [-0.25, -0.2) is 4.79 Å². The van der Waals surface area contributed by atoms with Gasteiger partial charge in [-0.3, -0.25) is 9.00 Å². The molecule has 0 saturated heterocycles. The van der Waals surface area contributed by atoms with Gasteiger partial charge in [0.1, 0.15) is 5.75 Å². The molecule has 0 bridgehead atoms. The third kappa shape index (κ3) is 5.06. The van der Waals surface area contributed by atoms with Gasteiger partial charge in [-0.2, -0.15) is 0 Å². The fraction of sp³-hybridized carbons (Fsp3) is 0.222. The van der Waals surface area contributed by atoms with E-state index in [0.29, 0.717) is 27.1 Å². The van der Waals surface area contributed by atoms with E-state index in [1.165, 1.54) is 19.2 Å². The average molecular weight is 396 g/mol. The number of benzene rings is 2. The van der Waals surface area contributed by atoms with E-state index in [1.54, 1.807) is 37.3 Å². The number of ether oxygens (including phenoxy) is 2. The van der Waals surface area contributed by atoms with Crippen LogP contribution in [0.3, 0.4) is 0 Å². The summed E-state index contributed by atoms with van der Waals surface area (Å²) >= 11 is 5.99. The number of halogens is 1. The van der Waals surface area contributed by atoms with Crippen molar-refractivity contribution in [1.82, 2.24) is 0 Å². The summed E-state index contributed by atoms with van der Waals surface area (Å²) in [6, 6.07) is 11.2. The molecule has 8 heteroatoms. The first-order chi connectivity index (χ1) is 12.5. The minimum Gasteiger partial charge on any atom is -0.495 e. The van der Waals surface area contributed by atoms with Crippen molar-refractivity contribution in [3.8, 4) is 5.75 Å². The highest BCUT2D eigenvalue weighted by Gasteiger charge is 2.17. The van der Waals surface area contributed by atoms with Gasteiger partial charge in [-0.1, -0.05) is 30.7 Å². The van der Waals surface area contributed by atoms with Gasteiger partial charge in [0.05, 0.1) is 33.4 Å². The lowest BCUT2D eigenvalue weighted by molar-refractivity contribution is -0.119. The lowest BCUT2D eigenvalue weighted by Crippen LogP contribution is -2.21. The maximum Gasteiger partial charge on any atom is 0.339 e. The standard InChI is InChI=1S/C18H18ClNO5S/c1-3-26(23)16-7-5-4-6-13(16)18(22)25-11-17(21)20-12-8-9-15(24-2)14(19)10-12/h4-10H,3,11H2,1-2H3,(H,20,21). The van der Waals surface area contributed by atoms with Crippen LogP contribution >= 0.6 is 11.6 Å². The fourth-order valence-corrected chi connectivity index (χ4v) is 3.34. The number of hydrogen-bond donors (Lipinski definition) is 1. The lowest BCUT2D eigenvalue weighted by atomic mass is 10.2.